The van der Waals surface area contributed by atoms with Gasteiger partial charge in [-0.2, -0.15) is 9.40 Å². The second-order valence-electron chi connectivity index (χ2n) is 4.44. The number of sulfonamides is 1. The second-order valence-corrected chi connectivity index (χ2v) is 6.35. The van der Waals surface area contributed by atoms with Gasteiger partial charge in [0.2, 0.25) is 10.0 Å². The van der Waals surface area contributed by atoms with E-state index in [2.05, 4.69) is 10.2 Å². The Hall–Kier alpha value is -0.630. The van der Waals surface area contributed by atoms with E-state index in [9.17, 15) is 8.42 Å². The van der Waals surface area contributed by atoms with Crippen molar-refractivity contribution in [1.29, 1.82) is 0 Å². The van der Waals surface area contributed by atoms with Crippen LogP contribution in [0.2, 0.25) is 0 Å². The summed E-state index contributed by atoms with van der Waals surface area (Å²) >= 11 is 0. The van der Waals surface area contributed by atoms with E-state index in [4.69, 9.17) is 5.73 Å². The van der Waals surface area contributed by atoms with E-state index in [-0.39, 0.29) is 17.3 Å². The van der Waals surface area contributed by atoms with E-state index in [0.717, 1.165) is 12.8 Å². The number of aryl methyl sites for hydroxylation is 1. The highest BCUT2D eigenvalue weighted by molar-refractivity contribution is 7.89. The lowest BCUT2D eigenvalue weighted by Gasteiger charge is -2.30. The minimum atomic E-state index is -3.38. The van der Waals surface area contributed by atoms with E-state index in [1.54, 1.807) is 6.92 Å². The largest absolute Gasteiger partial charge is 0.330 e. The van der Waals surface area contributed by atoms with E-state index in [1.165, 1.54) is 10.5 Å². The van der Waals surface area contributed by atoms with E-state index in [0.29, 0.717) is 31.2 Å². The van der Waals surface area contributed by atoms with Gasteiger partial charge >= 0.3 is 0 Å². The Morgan fingerprint density at radius 1 is 1.50 bits per heavy atom. The summed E-state index contributed by atoms with van der Waals surface area (Å²) in [5.41, 5.74) is 6.18. The lowest BCUT2D eigenvalue weighted by atomic mass is 9.99. The zero-order chi connectivity index (χ0) is 12.5. The molecule has 18 heavy (non-hydrogen) atoms. The number of piperidine rings is 1. The van der Waals surface area contributed by atoms with Crippen molar-refractivity contribution >= 4 is 22.4 Å². The van der Waals surface area contributed by atoms with Crippen molar-refractivity contribution in [3.05, 3.63) is 11.9 Å². The van der Waals surface area contributed by atoms with Crippen molar-refractivity contribution in [3.63, 3.8) is 0 Å². The van der Waals surface area contributed by atoms with Gasteiger partial charge in [-0.1, -0.05) is 0 Å². The van der Waals surface area contributed by atoms with Crippen molar-refractivity contribution in [2.24, 2.45) is 11.7 Å². The third-order valence-corrected chi connectivity index (χ3v) is 5.32. The third-order valence-electron chi connectivity index (χ3n) is 3.31. The van der Waals surface area contributed by atoms with Crippen LogP contribution in [0.25, 0.3) is 0 Å². The molecule has 0 aromatic carbocycles. The average molecular weight is 295 g/mol. The molecule has 0 saturated carbocycles. The Morgan fingerprint density at radius 2 is 2.11 bits per heavy atom. The smallest absolute Gasteiger partial charge is 0.246 e. The Morgan fingerprint density at radius 3 is 2.56 bits per heavy atom. The Labute approximate surface area is 113 Å². The number of rotatable bonds is 3. The number of aromatic nitrogens is 2. The molecule has 1 aromatic heterocycles. The summed E-state index contributed by atoms with van der Waals surface area (Å²) in [6.07, 6.45) is 3.05. The maximum absolute atomic E-state index is 12.3. The van der Waals surface area contributed by atoms with Gasteiger partial charge in [-0.05, 0) is 32.2 Å². The molecule has 2 heterocycles. The van der Waals surface area contributed by atoms with Crippen LogP contribution in [-0.2, 0) is 10.0 Å². The number of hydrogen-bond acceptors (Lipinski definition) is 4. The lowest BCUT2D eigenvalue weighted by Crippen LogP contribution is -2.40. The molecule has 1 fully saturated rings. The fourth-order valence-electron chi connectivity index (χ4n) is 2.12. The van der Waals surface area contributed by atoms with Crippen LogP contribution >= 0.6 is 12.4 Å². The maximum atomic E-state index is 12.3. The molecule has 1 aromatic rings. The Kier molecular flexibility index (Phi) is 5.15. The first-order chi connectivity index (χ1) is 8.05. The molecule has 6 nitrogen and oxygen atoms in total. The first kappa shape index (κ1) is 15.4. The van der Waals surface area contributed by atoms with E-state index >= 15 is 0 Å². The molecule has 1 saturated heterocycles. The minimum Gasteiger partial charge on any atom is -0.330 e. The highest BCUT2D eigenvalue weighted by Crippen LogP contribution is 2.23. The van der Waals surface area contributed by atoms with Crippen LogP contribution in [-0.4, -0.2) is 42.6 Å². The fraction of sp³-hybridized carbons (Fsp3) is 0.700. The topological polar surface area (TPSA) is 92.1 Å². The van der Waals surface area contributed by atoms with Crippen molar-refractivity contribution < 1.29 is 8.42 Å². The molecular formula is C10H19ClN4O2S. The number of nitrogens with zero attached hydrogens (tertiary/aromatic N) is 2. The van der Waals surface area contributed by atoms with Crippen LogP contribution in [0.15, 0.2) is 11.1 Å². The van der Waals surface area contributed by atoms with Crippen LogP contribution in [0.1, 0.15) is 18.5 Å². The van der Waals surface area contributed by atoms with Gasteiger partial charge in [-0.25, -0.2) is 8.42 Å². The molecule has 0 unspecified atom stereocenters. The van der Waals surface area contributed by atoms with Crippen molar-refractivity contribution in [3.8, 4) is 0 Å². The van der Waals surface area contributed by atoms with Gasteiger partial charge in [0.05, 0.1) is 11.9 Å². The fourth-order valence-corrected chi connectivity index (χ4v) is 3.71. The average Bonchev–Trinajstić information content (AvgIpc) is 2.76. The highest BCUT2D eigenvalue weighted by atomic mass is 35.5. The van der Waals surface area contributed by atoms with Crippen molar-refractivity contribution in [2.45, 2.75) is 24.7 Å². The minimum absolute atomic E-state index is 0. The predicted octanol–water partition coefficient (Wildman–Crippen LogP) is 0.499. The number of nitrogens with two attached hydrogens (primary N) is 1. The molecule has 0 bridgehead atoms. The number of halogens is 1. The van der Waals surface area contributed by atoms with Crippen LogP contribution in [0.5, 0.6) is 0 Å². The highest BCUT2D eigenvalue weighted by Gasteiger charge is 2.30. The maximum Gasteiger partial charge on any atom is 0.246 e. The standard InChI is InChI=1S/C10H18N4O2S.ClH/c1-8-10(7-12-13-8)17(15,16)14-4-2-9(6-11)3-5-14;/h7,9H,2-6,11H2,1H3,(H,12,13);1H. The zero-order valence-corrected chi connectivity index (χ0v) is 11.9. The molecule has 2 rings (SSSR count). The van der Waals surface area contributed by atoms with Gasteiger partial charge in [0.15, 0.2) is 0 Å². The predicted molar refractivity (Wildman–Crippen MR) is 71.1 cm³/mol. The molecule has 0 radical (unpaired) electrons. The third kappa shape index (κ3) is 2.85. The van der Waals surface area contributed by atoms with E-state index in [1.807, 2.05) is 0 Å². The Bertz CT molecular complexity index is 480. The van der Waals surface area contributed by atoms with E-state index < -0.39 is 10.0 Å². The van der Waals surface area contributed by atoms with Gasteiger partial charge in [0.25, 0.3) is 0 Å². The van der Waals surface area contributed by atoms with Gasteiger partial charge in [0.1, 0.15) is 4.90 Å². The van der Waals surface area contributed by atoms with Crippen LogP contribution in [0.3, 0.4) is 0 Å². The molecule has 3 N–H and O–H groups in total. The quantitative estimate of drug-likeness (QED) is 0.849. The molecular weight excluding hydrogens is 276 g/mol. The second kappa shape index (κ2) is 6.01. The summed E-state index contributed by atoms with van der Waals surface area (Å²) in [5.74, 6) is 0.451. The van der Waals surface area contributed by atoms with Gasteiger partial charge in [0, 0.05) is 13.1 Å². The van der Waals surface area contributed by atoms with Gasteiger partial charge < -0.3 is 5.73 Å². The van der Waals surface area contributed by atoms with Gasteiger partial charge in [-0.15, -0.1) is 12.4 Å². The molecule has 1 aliphatic rings. The van der Waals surface area contributed by atoms with Crippen molar-refractivity contribution in [1.82, 2.24) is 14.5 Å². The summed E-state index contributed by atoms with van der Waals surface area (Å²) in [7, 11) is -3.38. The summed E-state index contributed by atoms with van der Waals surface area (Å²) in [4.78, 5) is 0.281. The molecule has 8 heteroatoms. The normalized spacial score (nSPS) is 18.6. The monoisotopic (exact) mass is 294 g/mol. The summed E-state index contributed by atoms with van der Waals surface area (Å²) < 4.78 is 26.1. The summed E-state index contributed by atoms with van der Waals surface area (Å²) in [6, 6.07) is 0. The number of hydrogen-bond donors (Lipinski definition) is 2. The van der Waals surface area contributed by atoms with Crippen LogP contribution in [0.4, 0.5) is 0 Å². The zero-order valence-electron chi connectivity index (χ0n) is 10.3. The first-order valence-electron chi connectivity index (χ1n) is 5.76. The van der Waals surface area contributed by atoms with Crippen molar-refractivity contribution in [2.75, 3.05) is 19.6 Å². The molecule has 0 amide bonds. The molecule has 0 spiro atoms. The molecule has 0 atom stereocenters. The lowest BCUT2D eigenvalue weighted by molar-refractivity contribution is 0.278. The number of nitrogens with one attached hydrogen (secondary N) is 1. The number of aromatic amines is 1. The van der Waals surface area contributed by atoms with Crippen LogP contribution < -0.4 is 5.73 Å². The Balaban J connectivity index is 0.00000162. The molecule has 0 aliphatic carbocycles. The van der Waals surface area contributed by atoms with Crippen LogP contribution in [0, 0.1) is 12.8 Å². The number of H-pyrrole nitrogens is 1. The van der Waals surface area contributed by atoms with Gasteiger partial charge in [-0.3, -0.25) is 5.10 Å². The summed E-state index contributed by atoms with van der Waals surface area (Å²) in [5, 5.41) is 6.42. The molecule has 1 aliphatic heterocycles. The summed E-state index contributed by atoms with van der Waals surface area (Å²) in [6.45, 7) is 3.45. The first-order valence-corrected chi connectivity index (χ1v) is 7.20. The molecule has 104 valence electrons. The SMILES string of the molecule is Cc1[nH]ncc1S(=O)(=O)N1CCC(CN)CC1.Cl.